The van der Waals surface area contributed by atoms with Crippen molar-refractivity contribution < 1.29 is 18.9 Å². The SMILES string of the molecule is CCCC(CCBr)OCCCCc1cc(OC)c(OC)c(OC)c1. The number of benzene rings is 1. The third-order valence-electron chi connectivity index (χ3n) is 3.98. The van der Waals surface area contributed by atoms with E-state index in [1.165, 1.54) is 12.0 Å². The highest BCUT2D eigenvalue weighted by atomic mass is 79.9. The standard InChI is InChI=1S/C19H31BrO4/c1-5-8-16(10-11-20)24-12-7-6-9-15-13-17(21-2)19(23-4)18(14-15)22-3/h13-14,16H,5-12H2,1-4H3. The van der Waals surface area contributed by atoms with Crippen molar-refractivity contribution in [1.29, 1.82) is 0 Å². The van der Waals surface area contributed by atoms with Crippen molar-refractivity contribution in [2.45, 2.75) is 51.6 Å². The van der Waals surface area contributed by atoms with Crippen LogP contribution < -0.4 is 14.2 Å². The lowest BCUT2D eigenvalue weighted by molar-refractivity contribution is 0.0432. The predicted octanol–water partition coefficient (Wildman–Crippen LogP) is 5.01. The van der Waals surface area contributed by atoms with Gasteiger partial charge in [0.05, 0.1) is 27.4 Å². The first-order valence-electron chi connectivity index (χ1n) is 8.66. The molecule has 5 heteroatoms. The topological polar surface area (TPSA) is 36.9 Å². The number of rotatable bonds is 13. The van der Waals surface area contributed by atoms with Crippen molar-refractivity contribution >= 4 is 15.9 Å². The van der Waals surface area contributed by atoms with Crippen LogP contribution in [0.25, 0.3) is 0 Å². The van der Waals surface area contributed by atoms with E-state index in [4.69, 9.17) is 18.9 Å². The van der Waals surface area contributed by atoms with Crippen LogP contribution in [0.4, 0.5) is 0 Å². The molecule has 0 saturated heterocycles. The molecule has 0 aliphatic heterocycles. The zero-order valence-corrected chi connectivity index (χ0v) is 17.0. The van der Waals surface area contributed by atoms with E-state index in [-0.39, 0.29) is 0 Å². The number of unbranched alkanes of at least 4 members (excludes halogenated alkanes) is 1. The van der Waals surface area contributed by atoms with Crippen LogP contribution in [0, 0.1) is 0 Å². The number of ether oxygens (including phenoxy) is 4. The number of halogens is 1. The molecule has 0 aliphatic carbocycles. The molecule has 0 aromatic heterocycles. The fraction of sp³-hybridized carbons (Fsp3) is 0.684. The number of methoxy groups -OCH3 is 3. The second-order valence-electron chi connectivity index (χ2n) is 5.75. The molecule has 1 aromatic carbocycles. The highest BCUT2D eigenvalue weighted by Gasteiger charge is 2.13. The Balaban J connectivity index is 2.47. The molecule has 1 aromatic rings. The molecule has 0 radical (unpaired) electrons. The van der Waals surface area contributed by atoms with Crippen molar-refractivity contribution in [3.05, 3.63) is 17.7 Å². The maximum Gasteiger partial charge on any atom is 0.203 e. The van der Waals surface area contributed by atoms with Crippen LogP contribution in [0.2, 0.25) is 0 Å². The van der Waals surface area contributed by atoms with Crippen molar-refractivity contribution in [1.82, 2.24) is 0 Å². The summed E-state index contributed by atoms with van der Waals surface area (Å²) in [6.07, 6.45) is 6.88. The third-order valence-corrected chi connectivity index (χ3v) is 4.44. The van der Waals surface area contributed by atoms with Gasteiger partial charge in [-0.25, -0.2) is 0 Å². The predicted molar refractivity (Wildman–Crippen MR) is 102 cm³/mol. The van der Waals surface area contributed by atoms with Crippen LogP contribution in [0.15, 0.2) is 12.1 Å². The average Bonchev–Trinajstić information content (AvgIpc) is 2.60. The number of aryl methyl sites for hydroxylation is 1. The Morgan fingerprint density at radius 1 is 0.958 bits per heavy atom. The molecule has 1 atom stereocenters. The Morgan fingerprint density at radius 2 is 1.62 bits per heavy atom. The number of hydrogen-bond acceptors (Lipinski definition) is 4. The molecule has 0 N–H and O–H groups in total. The summed E-state index contributed by atoms with van der Waals surface area (Å²) in [5.41, 5.74) is 1.19. The summed E-state index contributed by atoms with van der Waals surface area (Å²) in [5.74, 6) is 2.07. The van der Waals surface area contributed by atoms with Gasteiger partial charge in [-0.3, -0.25) is 0 Å². The van der Waals surface area contributed by atoms with Gasteiger partial charge in [-0.2, -0.15) is 0 Å². The van der Waals surface area contributed by atoms with E-state index in [2.05, 4.69) is 22.9 Å². The minimum Gasteiger partial charge on any atom is -0.493 e. The lowest BCUT2D eigenvalue weighted by Gasteiger charge is -2.16. The second kappa shape index (κ2) is 12.4. The molecule has 1 unspecified atom stereocenters. The van der Waals surface area contributed by atoms with Crippen LogP contribution in [0.3, 0.4) is 0 Å². The van der Waals surface area contributed by atoms with E-state index in [0.717, 1.165) is 44.0 Å². The molecule has 0 aliphatic rings. The summed E-state index contributed by atoms with van der Waals surface area (Å²) in [7, 11) is 4.91. The molecule has 0 amide bonds. The monoisotopic (exact) mass is 402 g/mol. The first-order chi connectivity index (χ1) is 11.7. The highest BCUT2D eigenvalue weighted by molar-refractivity contribution is 9.09. The zero-order valence-electron chi connectivity index (χ0n) is 15.4. The molecule has 24 heavy (non-hydrogen) atoms. The fourth-order valence-corrected chi connectivity index (χ4v) is 3.23. The maximum atomic E-state index is 5.99. The summed E-state index contributed by atoms with van der Waals surface area (Å²) >= 11 is 3.50. The van der Waals surface area contributed by atoms with Crippen LogP contribution in [-0.2, 0) is 11.2 Å². The zero-order chi connectivity index (χ0) is 17.8. The van der Waals surface area contributed by atoms with Crippen molar-refractivity contribution in [3.63, 3.8) is 0 Å². The molecular formula is C19H31BrO4. The first kappa shape index (κ1) is 21.1. The van der Waals surface area contributed by atoms with Crippen molar-refractivity contribution in [2.24, 2.45) is 0 Å². The fourth-order valence-electron chi connectivity index (χ4n) is 2.72. The van der Waals surface area contributed by atoms with E-state index in [1.807, 2.05) is 12.1 Å². The van der Waals surface area contributed by atoms with Crippen LogP contribution >= 0.6 is 15.9 Å². The van der Waals surface area contributed by atoms with Gasteiger partial charge in [0.2, 0.25) is 5.75 Å². The third kappa shape index (κ3) is 6.89. The van der Waals surface area contributed by atoms with Crippen LogP contribution in [0.5, 0.6) is 17.2 Å². The summed E-state index contributed by atoms with van der Waals surface area (Å²) in [6.45, 7) is 3.02. The second-order valence-corrected chi connectivity index (χ2v) is 6.54. The molecule has 0 saturated carbocycles. The van der Waals surface area contributed by atoms with Gasteiger partial charge >= 0.3 is 0 Å². The Hall–Kier alpha value is -0.940. The van der Waals surface area contributed by atoms with Gasteiger partial charge in [0.15, 0.2) is 11.5 Å². The van der Waals surface area contributed by atoms with Gasteiger partial charge < -0.3 is 18.9 Å². The highest BCUT2D eigenvalue weighted by Crippen LogP contribution is 2.38. The Bertz CT molecular complexity index is 434. The van der Waals surface area contributed by atoms with Crippen LogP contribution in [-0.4, -0.2) is 39.4 Å². The van der Waals surface area contributed by atoms with Gasteiger partial charge in [0, 0.05) is 11.9 Å². The number of alkyl halides is 1. The molecule has 0 spiro atoms. The van der Waals surface area contributed by atoms with E-state index in [0.29, 0.717) is 23.4 Å². The molecule has 138 valence electrons. The molecule has 1 rings (SSSR count). The summed E-state index contributed by atoms with van der Waals surface area (Å²) in [4.78, 5) is 0. The van der Waals surface area contributed by atoms with E-state index in [1.54, 1.807) is 21.3 Å². The van der Waals surface area contributed by atoms with Crippen molar-refractivity contribution in [2.75, 3.05) is 33.3 Å². The van der Waals surface area contributed by atoms with Crippen LogP contribution in [0.1, 0.15) is 44.6 Å². The van der Waals surface area contributed by atoms with Crippen molar-refractivity contribution in [3.8, 4) is 17.2 Å². The summed E-state index contributed by atoms with van der Waals surface area (Å²) in [6, 6.07) is 4.04. The van der Waals surface area contributed by atoms with Gasteiger partial charge in [-0.15, -0.1) is 0 Å². The average molecular weight is 403 g/mol. The molecule has 0 bridgehead atoms. The van der Waals surface area contributed by atoms with Gasteiger partial charge in [0.1, 0.15) is 0 Å². The molecule has 4 nitrogen and oxygen atoms in total. The van der Waals surface area contributed by atoms with Gasteiger partial charge in [-0.05, 0) is 49.8 Å². The molecular weight excluding hydrogens is 372 g/mol. The van der Waals surface area contributed by atoms with Gasteiger partial charge in [0.25, 0.3) is 0 Å². The largest absolute Gasteiger partial charge is 0.493 e. The summed E-state index contributed by atoms with van der Waals surface area (Å²) < 4.78 is 22.1. The maximum absolute atomic E-state index is 5.99. The van der Waals surface area contributed by atoms with Gasteiger partial charge in [-0.1, -0.05) is 29.3 Å². The Labute approximate surface area is 154 Å². The normalized spacial score (nSPS) is 12.0. The molecule has 0 heterocycles. The Kier molecular flexibility index (Phi) is 10.9. The quantitative estimate of drug-likeness (QED) is 0.343. The van der Waals surface area contributed by atoms with E-state index >= 15 is 0 Å². The van der Waals surface area contributed by atoms with E-state index < -0.39 is 0 Å². The van der Waals surface area contributed by atoms with E-state index in [9.17, 15) is 0 Å². The first-order valence-corrected chi connectivity index (χ1v) is 9.78. The summed E-state index contributed by atoms with van der Waals surface area (Å²) in [5, 5.41) is 1.00. The minimum atomic E-state index is 0.385. The number of hydrogen-bond donors (Lipinski definition) is 0. The smallest absolute Gasteiger partial charge is 0.203 e. The lowest BCUT2D eigenvalue weighted by atomic mass is 10.1. The Morgan fingerprint density at radius 3 is 2.12 bits per heavy atom. The molecule has 0 fully saturated rings. The minimum absolute atomic E-state index is 0.385. The lowest BCUT2D eigenvalue weighted by Crippen LogP contribution is -2.14.